The standard InChI is InChI=1S/C17H25NO2/c1-12(2)8-9-13(3)18-11-10-14-6-4-5-7-15(14)16(18)17(19)20/h4-7,12-13,16H,8-11H2,1-3H3,(H,19,20). The fraction of sp³-hybridized carbons (Fsp3) is 0.588. The summed E-state index contributed by atoms with van der Waals surface area (Å²) in [6.07, 6.45) is 3.15. The van der Waals surface area contributed by atoms with Gasteiger partial charge in [0.1, 0.15) is 6.04 Å². The van der Waals surface area contributed by atoms with E-state index in [1.54, 1.807) is 0 Å². The maximum atomic E-state index is 11.7. The molecule has 0 saturated heterocycles. The number of carbonyl (C=O) groups is 1. The molecule has 1 aromatic carbocycles. The molecule has 1 aromatic rings. The molecule has 1 heterocycles. The molecular formula is C17H25NO2. The molecule has 20 heavy (non-hydrogen) atoms. The van der Waals surface area contributed by atoms with Gasteiger partial charge in [0, 0.05) is 12.6 Å². The van der Waals surface area contributed by atoms with E-state index in [1.165, 1.54) is 5.56 Å². The van der Waals surface area contributed by atoms with Gasteiger partial charge in [-0.25, -0.2) is 0 Å². The molecule has 2 rings (SSSR count). The number of fused-ring (bicyclic) bond motifs is 1. The van der Waals surface area contributed by atoms with Crippen molar-refractivity contribution in [2.24, 2.45) is 5.92 Å². The first-order valence-electron chi connectivity index (χ1n) is 7.57. The maximum absolute atomic E-state index is 11.7. The molecule has 0 spiro atoms. The number of hydrogen-bond donors (Lipinski definition) is 1. The van der Waals surface area contributed by atoms with Gasteiger partial charge in [-0.1, -0.05) is 38.1 Å². The summed E-state index contributed by atoms with van der Waals surface area (Å²) in [5.74, 6) is -0.0636. The molecule has 3 nitrogen and oxygen atoms in total. The van der Waals surface area contributed by atoms with Gasteiger partial charge in [0.15, 0.2) is 0 Å². The Bertz CT molecular complexity index is 470. The van der Waals surface area contributed by atoms with Crippen molar-refractivity contribution in [3.8, 4) is 0 Å². The van der Waals surface area contributed by atoms with Crippen LogP contribution < -0.4 is 0 Å². The highest BCUT2D eigenvalue weighted by molar-refractivity contribution is 5.76. The molecule has 3 heteroatoms. The Hall–Kier alpha value is -1.35. The van der Waals surface area contributed by atoms with Crippen molar-refractivity contribution >= 4 is 5.97 Å². The summed E-state index contributed by atoms with van der Waals surface area (Å²) in [6, 6.07) is 7.79. The molecule has 1 N–H and O–H groups in total. The van der Waals surface area contributed by atoms with E-state index in [0.29, 0.717) is 12.0 Å². The van der Waals surface area contributed by atoms with Crippen molar-refractivity contribution in [3.05, 3.63) is 35.4 Å². The van der Waals surface area contributed by atoms with Gasteiger partial charge >= 0.3 is 5.97 Å². The number of benzene rings is 1. The Morgan fingerprint density at radius 3 is 2.65 bits per heavy atom. The predicted octanol–water partition coefficient (Wildman–Crippen LogP) is 3.50. The minimum absolute atomic E-state index is 0.312. The van der Waals surface area contributed by atoms with Crippen LogP contribution in [0.25, 0.3) is 0 Å². The van der Waals surface area contributed by atoms with Crippen molar-refractivity contribution in [2.75, 3.05) is 6.54 Å². The van der Waals surface area contributed by atoms with Crippen LogP contribution in [0.1, 0.15) is 50.8 Å². The fourth-order valence-corrected chi connectivity index (χ4v) is 3.08. The molecule has 2 atom stereocenters. The first-order valence-corrected chi connectivity index (χ1v) is 7.57. The van der Waals surface area contributed by atoms with Crippen LogP contribution in [0.2, 0.25) is 0 Å². The lowest BCUT2D eigenvalue weighted by molar-refractivity contribution is -0.145. The van der Waals surface area contributed by atoms with Crippen molar-refractivity contribution < 1.29 is 9.90 Å². The van der Waals surface area contributed by atoms with E-state index in [-0.39, 0.29) is 0 Å². The van der Waals surface area contributed by atoms with Gasteiger partial charge in [0.05, 0.1) is 0 Å². The minimum atomic E-state index is -0.728. The lowest BCUT2D eigenvalue weighted by atomic mass is 9.90. The van der Waals surface area contributed by atoms with E-state index in [2.05, 4.69) is 31.7 Å². The van der Waals surface area contributed by atoms with Gasteiger partial charge in [-0.2, -0.15) is 0 Å². The summed E-state index contributed by atoms with van der Waals surface area (Å²) in [7, 11) is 0. The maximum Gasteiger partial charge on any atom is 0.325 e. The average molecular weight is 275 g/mol. The van der Waals surface area contributed by atoms with E-state index in [4.69, 9.17) is 0 Å². The molecule has 110 valence electrons. The molecular weight excluding hydrogens is 250 g/mol. The Labute approximate surface area is 121 Å². The molecule has 0 aromatic heterocycles. The molecule has 1 aliphatic heterocycles. The summed E-state index contributed by atoms with van der Waals surface area (Å²) in [6.45, 7) is 7.43. The van der Waals surface area contributed by atoms with E-state index in [1.807, 2.05) is 18.2 Å². The molecule has 0 bridgehead atoms. The first-order chi connectivity index (χ1) is 9.50. The van der Waals surface area contributed by atoms with Crippen molar-refractivity contribution in [1.29, 1.82) is 0 Å². The van der Waals surface area contributed by atoms with E-state index >= 15 is 0 Å². The number of rotatable bonds is 5. The summed E-state index contributed by atoms with van der Waals surface area (Å²) in [5.41, 5.74) is 2.16. The third kappa shape index (κ3) is 3.21. The van der Waals surface area contributed by atoms with Gasteiger partial charge in [0.2, 0.25) is 0 Å². The zero-order chi connectivity index (χ0) is 14.7. The second-order valence-electron chi connectivity index (χ2n) is 6.25. The zero-order valence-corrected chi connectivity index (χ0v) is 12.7. The molecule has 0 radical (unpaired) electrons. The molecule has 0 aliphatic carbocycles. The van der Waals surface area contributed by atoms with Crippen LogP contribution in [0.3, 0.4) is 0 Å². The van der Waals surface area contributed by atoms with Gasteiger partial charge in [-0.3, -0.25) is 9.69 Å². The summed E-state index contributed by atoms with van der Waals surface area (Å²) in [5, 5.41) is 9.64. The monoisotopic (exact) mass is 275 g/mol. The smallest absolute Gasteiger partial charge is 0.325 e. The van der Waals surface area contributed by atoms with Crippen LogP contribution in [-0.4, -0.2) is 28.6 Å². The Morgan fingerprint density at radius 2 is 2.00 bits per heavy atom. The van der Waals surface area contributed by atoms with Gasteiger partial charge in [-0.05, 0) is 43.2 Å². The zero-order valence-electron chi connectivity index (χ0n) is 12.7. The highest BCUT2D eigenvalue weighted by Crippen LogP contribution is 2.32. The Kier molecular flexibility index (Phi) is 4.81. The van der Waals surface area contributed by atoms with Crippen LogP contribution in [0, 0.1) is 5.92 Å². The summed E-state index contributed by atoms with van der Waals surface area (Å²) in [4.78, 5) is 13.9. The van der Waals surface area contributed by atoms with Crippen LogP contribution in [0.15, 0.2) is 24.3 Å². The number of carboxylic acid groups (broad SMARTS) is 1. The Balaban J connectivity index is 2.20. The number of aliphatic carboxylic acids is 1. The van der Waals surface area contributed by atoms with Gasteiger partial charge < -0.3 is 5.11 Å². The second kappa shape index (κ2) is 6.40. The third-order valence-corrected chi connectivity index (χ3v) is 4.28. The van der Waals surface area contributed by atoms with Crippen LogP contribution in [-0.2, 0) is 11.2 Å². The highest BCUT2D eigenvalue weighted by Gasteiger charge is 2.35. The molecule has 0 fully saturated rings. The van der Waals surface area contributed by atoms with Crippen LogP contribution in [0.4, 0.5) is 0 Å². The lowest BCUT2D eigenvalue weighted by Crippen LogP contribution is -2.44. The average Bonchev–Trinajstić information content (AvgIpc) is 2.43. The van der Waals surface area contributed by atoms with Gasteiger partial charge in [0.25, 0.3) is 0 Å². The Morgan fingerprint density at radius 1 is 1.30 bits per heavy atom. The first kappa shape index (κ1) is 15.0. The summed E-state index contributed by atoms with van der Waals surface area (Å²) < 4.78 is 0. The fourth-order valence-electron chi connectivity index (χ4n) is 3.08. The molecule has 0 amide bonds. The number of nitrogens with zero attached hydrogens (tertiary/aromatic N) is 1. The molecule has 2 unspecified atom stereocenters. The third-order valence-electron chi connectivity index (χ3n) is 4.28. The topological polar surface area (TPSA) is 40.5 Å². The minimum Gasteiger partial charge on any atom is -0.480 e. The predicted molar refractivity (Wildman–Crippen MR) is 80.8 cm³/mol. The number of carboxylic acids is 1. The number of hydrogen-bond acceptors (Lipinski definition) is 2. The van der Waals surface area contributed by atoms with E-state index in [0.717, 1.165) is 31.4 Å². The van der Waals surface area contributed by atoms with Crippen molar-refractivity contribution in [1.82, 2.24) is 4.90 Å². The van der Waals surface area contributed by atoms with E-state index in [9.17, 15) is 9.90 Å². The van der Waals surface area contributed by atoms with Crippen LogP contribution in [0.5, 0.6) is 0 Å². The van der Waals surface area contributed by atoms with Crippen molar-refractivity contribution in [2.45, 2.75) is 52.1 Å². The molecule has 0 saturated carbocycles. The second-order valence-corrected chi connectivity index (χ2v) is 6.25. The largest absolute Gasteiger partial charge is 0.480 e. The highest BCUT2D eigenvalue weighted by atomic mass is 16.4. The van der Waals surface area contributed by atoms with Crippen molar-refractivity contribution in [3.63, 3.8) is 0 Å². The van der Waals surface area contributed by atoms with E-state index < -0.39 is 12.0 Å². The van der Waals surface area contributed by atoms with Gasteiger partial charge in [-0.15, -0.1) is 0 Å². The molecule has 1 aliphatic rings. The quantitative estimate of drug-likeness (QED) is 0.894. The summed E-state index contributed by atoms with van der Waals surface area (Å²) >= 11 is 0. The normalized spacial score (nSPS) is 20.7. The SMILES string of the molecule is CC(C)CCC(C)N1CCc2ccccc2C1C(=O)O. The lowest BCUT2D eigenvalue weighted by Gasteiger charge is -2.39. The van der Waals surface area contributed by atoms with Crippen LogP contribution >= 0.6 is 0 Å².